The topological polar surface area (TPSA) is 52.7 Å². The van der Waals surface area contributed by atoms with Gasteiger partial charge in [0.2, 0.25) is 10.0 Å². The van der Waals surface area contributed by atoms with Gasteiger partial charge < -0.3 is 5.32 Å². The fourth-order valence-corrected chi connectivity index (χ4v) is 3.81. The molecule has 20 heavy (non-hydrogen) atoms. The number of hydrogen-bond donors (Lipinski definition) is 1. The zero-order valence-electron chi connectivity index (χ0n) is 12.0. The minimum absolute atomic E-state index is 0.183. The first-order valence-electron chi connectivity index (χ1n) is 7.00. The maximum Gasteiger partial charge on any atom is 0.215 e. The quantitative estimate of drug-likeness (QED) is 0.823. The number of nitrogens with one attached hydrogen (secondary N) is 1. The molecular weight excluding hydrogens is 274 g/mol. The summed E-state index contributed by atoms with van der Waals surface area (Å²) in [5, 5.41) is 2.89. The SMILES string of the molecule is CNCCS(=O)(=O)N1CCN(Cc2ccccc2)CC1. The molecule has 0 spiro atoms. The number of hydrogen-bond acceptors (Lipinski definition) is 4. The van der Waals surface area contributed by atoms with Crippen LogP contribution in [0, 0.1) is 0 Å². The number of sulfonamides is 1. The number of piperazine rings is 1. The minimum atomic E-state index is -3.10. The summed E-state index contributed by atoms with van der Waals surface area (Å²) in [5.74, 6) is 0.183. The summed E-state index contributed by atoms with van der Waals surface area (Å²) >= 11 is 0. The Balaban J connectivity index is 1.83. The van der Waals surface area contributed by atoms with E-state index in [2.05, 4.69) is 22.3 Å². The predicted octanol–water partition coefficient (Wildman–Crippen LogP) is 0.353. The highest BCUT2D eigenvalue weighted by Crippen LogP contribution is 2.11. The van der Waals surface area contributed by atoms with E-state index in [9.17, 15) is 8.42 Å². The van der Waals surface area contributed by atoms with E-state index in [-0.39, 0.29) is 5.75 Å². The van der Waals surface area contributed by atoms with Crippen molar-refractivity contribution < 1.29 is 8.42 Å². The van der Waals surface area contributed by atoms with Crippen LogP contribution in [0.1, 0.15) is 5.56 Å². The van der Waals surface area contributed by atoms with Gasteiger partial charge in [-0.1, -0.05) is 30.3 Å². The lowest BCUT2D eigenvalue weighted by atomic mass is 10.2. The Hall–Kier alpha value is -0.950. The molecule has 112 valence electrons. The molecule has 0 radical (unpaired) electrons. The summed E-state index contributed by atoms with van der Waals surface area (Å²) in [6.07, 6.45) is 0. The van der Waals surface area contributed by atoms with Crippen LogP contribution in [-0.4, -0.2) is 63.1 Å². The van der Waals surface area contributed by atoms with Crippen molar-refractivity contribution in [3.63, 3.8) is 0 Å². The van der Waals surface area contributed by atoms with Gasteiger partial charge in [0.15, 0.2) is 0 Å². The first kappa shape index (κ1) is 15.4. The smallest absolute Gasteiger partial charge is 0.215 e. The second-order valence-electron chi connectivity index (χ2n) is 5.08. The number of rotatable bonds is 6. The summed E-state index contributed by atoms with van der Waals surface area (Å²) < 4.78 is 25.8. The molecule has 1 saturated heterocycles. The standard InChI is InChI=1S/C14H23N3O2S/c1-15-7-12-20(18,19)17-10-8-16(9-11-17)13-14-5-3-2-4-6-14/h2-6,15H,7-13H2,1H3. The maximum absolute atomic E-state index is 12.1. The largest absolute Gasteiger partial charge is 0.319 e. The molecule has 1 aliphatic rings. The van der Waals surface area contributed by atoms with Gasteiger partial charge in [-0.25, -0.2) is 8.42 Å². The predicted molar refractivity (Wildman–Crippen MR) is 81.0 cm³/mol. The van der Waals surface area contributed by atoms with E-state index in [1.807, 2.05) is 18.2 Å². The van der Waals surface area contributed by atoms with Crippen LogP contribution in [0.3, 0.4) is 0 Å². The molecule has 6 heteroatoms. The molecule has 0 bridgehead atoms. The third kappa shape index (κ3) is 4.28. The summed E-state index contributed by atoms with van der Waals surface area (Å²) in [5.41, 5.74) is 1.28. The van der Waals surface area contributed by atoms with E-state index < -0.39 is 10.0 Å². The zero-order chi connectivity index (χ0) is 14.4. The molecule has 1 aromatic rings. The third-order valence-electron chi connectivity index (χ3n) is 3.58. The molecule has 0 atom stereocenters. The van der Waals surface area contributed by atoms with Gasteiger partial charge in [0.25, 0.3) is 0 Å². The van der Waals surface area contributed by atoms with E-state index in [1.165, 1.54) is 5.56 Å². The Kier molecular flexibility index (Phi) is 5.54. The van der Waals surface area contributed by atoms with Gasteiger partial charge in [0.1, 0.15) is 0 Å². The second-order valence-corrected chi connectivity index (χ2v) is 7.17. The van der Waals surface area contributed by atoms with Gasteiger partial charge >= 0.3 is 0 Å². The molecule has 0 amide bonds. The van der Waals surface area contributed by atoms with E-state index in [0.29, 0.717) is 19.6 Å². The van der Waals surface area contributed by atoms with Crippen LogP contribution in [0.15, 0.2) is 30.3 Å². The van der Waals surface area contributed by atoms with Crippen LogP contribution in [-0.2, 0) is 16.6 Å². The van der Waals surface area contributed by atoms with Crippen molar-refractivity contribution in [3.05, 3.63) is 35.9 Å². The maximum atomic E-state index is 12.1. The summed E-state index contributed by atoms with van der Waals surface area (Å²) in [6, 6.07) is 10.3. The van der Waals surface area contributed by atoms with Gasteiger partial charge in [-0.15, -0.1) is 0 Å². The molecule has 0 saturated carbocycles. The number of nitrogens with zero attached hydrogens (tertiary/aromatic N) is 2. The van der Waals surface area contributed by atoms with Crippen LogP contribution in [0.4, 0.5) is 0 Å². The van der Waals surface area contributed by atoms with Crippen molar-refractivity contribution in [2.45, 2.75) is 6.54 Å². The Morgan fingerprint density at radius 3 is 2.35 bits per heavy atom. The van der Waals surface area contributed by atoms with Gasteiger partial charge in [-0.3, -0.25) is 4.90 Å². The van der Waals surface area contributed by atoms with Crippen molar-refractivity contribution in [2.24, 2.45) is 0 Å². The second kappa shape index (κ2) is 7.17. The van der Waals surface area contributed by atoms with E-state index in [1.54, 1.807) is 11.4 Å². The molecule has 2 rings (SSSR count). The lowest BCUT2D eigenvalue weighted by Gasteiger charge is -2.34. The van der Waals surface area contributed by atoms with Crippen molar-refractivity contribution in [2.75, 3.05) is 45.5 Å². The van der Waals surface area contributed by atoms with Gasteiger partial charge in [0.05, 0.1) is 5.75 Å². The summed E-state index contributed by atoms with van der Waals surface area (Å²) in [7, 11) is -1.33. The Morgan fingerprint density at radius 1 is 1.10 bits per heavy atom. The van der Waals surface area contributed by atoms with Crippen molar-refractivity contribution in [1.29, 1.82) is 0 Å². The molecule has 0 unspecified atom stereocenters. The molecule has 0 aliphatic carbocycles. The average Bonchev–Trinajstić information content (AvgIpc) is 2.47. The average molecular weight is 297 g/mol. The van der Waals surface area contributed by atoms with Crippen molar-refractivity contribution in [1.82, 2.24) is 14.5 Å². The van der Waals surface area contributed by atoms with E-state index in [0.717, 1.165) is 19.6 Å². The summed E-state index contributed by atoms with van der Waals surface area (Å²) in [6.45, 7) is 4.19. The monoisotopic (exact) mass is 297 g/mol. The van der Waals surface area contributed by atoms with Crippen LogP contribution in [0.25, 0.3) is 0 Å². The molecule has 1 heterocycles. The van der Waals surface area contributed by atoms with Crippen LogP contribution in [0.2, 0.25) is 0 Å². The van der Waals surface area contributed by atoms with Gasteiger partial charge in [0, 0.05) is 39.3 Å². The van der Waals surface area contributed by atoms with Gasteiger partial charge in [-0.2, -0.15) is 4.31 Å². The van der Waals surface area contributed by atoms with Crippen molar-refractivity contribution >= 4 is 10.0 Å². The van der Waals surface area contributed by atoms with Crippen LogP contribution < -0.4 is 5.32 Å². The number of benzene rings is 1. The lowest BCUT2D eigenvalue weighted by Crippen LogP contribution is -2.49. The molecule has 1 aromatic carbocycles. The van der Waals surface area contributed by atoms with E-state index in [4.69, 9.17) is 0 Å². The summed E-state index contributed by atoms with van der Waals surface area (Å²) in [4.78, 5) is 2.30. The Bertz CT molecular complexity index is 496. The molecule has 1 aliphatic heterocycles. The van der Waals surface area contributed by atoms with Gasteiger partial charge in [-0.05, 0) is 12.6 Å². The van der Waals surface area contributed by atoms with E-state index >= 15 is 0 Å². The highest BCUT2D eigenvalue weighted by molar-refractivity contribution is 7.89. The highest BCUT2D eigenvalue weighted by Gasteiger charge is 2.26. The molecule has 1 fully saturated rings. The third-order valence-corrected chi connectivity index (χ3v) is 5.46. The Labute approximate surface area is 121 Å². The van der Waals surface area contributed by atoms with Crippen LogP contribution >= 0.6 is 0 Å². The normalized spacial score (nSPS) is 18.2. The molecule has 1 N–H and O–H groups in total. The minimum Gasteiger partial charge on any atom is -0.319 e. The first-order chi connectivity index (χ1) is 9.62. The molecule has 5 nitrogen and oxygen atoms in total. The Morgan fingerprint density at radius 2 is 1.75 bits per heavy atom. The van der Waals surface area contributed by atoms with Crippen molar-refractivity contribution in [3.8, 4) is 0 Å². The first-order valence-corrected chi connectivity index (χ1v) is 8.61. The zero-order valence-corrected chi connectivity index (χ0v) is 12.8. The fourth-order valence-electron chi connectivity index (χ4n) is 2.37. The highest BCUT2D eigenvalue weighted by atomic mass is 32.2. The van der Waals surface area contributed by atoms with Crippen LogP contribution in [0.5, 0.6) is 0 Å². The fraction of sp³-hybridized carbons (Fsp3) is 0.571. The molecular formula is C14H23N3O2S. The lowest BCUT2D eigenvalue weighted by molar-refractivity contribution is 0.181. The molecule has 0 aromatic heterocycles.